The zero-order valence-electron chi connectivity index (χ0n) is 16.7. The van der Waals surface area contributed by atoms with Gasteiger partial charge in [-0.1, -0.05) is 6.07 Å². The monoisotopic (exact) mass is 465 g/mol. The average molecular weight is 465 g/mol. The molecule has 8 nitrogen and oxygen atoms in total. The van der Waals surface area contributed by atoms with Crippen LogP contribution < -0.4 is 5.32 Å². The van der Waals surface area contributed by atoms with Gasteiger partial charge in [0, 0.05) is 31.2 Å². The summed E-state index contributed by atoms with van der Waals surface area (Å²) in [5, 5.41) is 22.3. The van der Waals surface area contributed by atoms with Gasteiger partial charge in [-0.25, -0.2) is 15.0 Å². The summed E-state index contributed by atoms with van der Waals surface area (Å²) in [6.07, 6.45) is -3.99. The Morgan fingerprint density at radius 1 is 1.19 bits per heavy atom. The second kappa shape index (κ2) is 8.45. The maximum Gasteiger partial charge on any atom is 0.433 e. The number of halogens is 3. The SMILES string of the molecule is Cc1cc(Nc2nccc(C(F)(F)F)n2)cc(-c2cnc(C(=O)N3C[C@@H](O)[C@@H](O)C3)s2)c1. The maximum atomic E-state index is 12.9. The molecule has 1 fully saturated rings. The largest absolute Gasteiger partial charge is 0.433 e. The molecule has 0 radical (unpaired) electrons. The number of rotatable bonds is 4. The van der Waals surface area contributed by atoms with Crippen LogP contribution >= 0.6 is 11.3 Å². The highest BCUT2D eigenvalue weighted by atomic mass is 32.1. The predicted molar refractivity (Wildman–Crippen MR) is 111 cm³/mol. The minimum absolute atomic E-state index is 0.0322. The van der Waals surface area contributed by atoms with Crippen molar-refractivity contribution in [1.82, 2.24) is 19.9 Å². The number of nitrogens with one attached hydrogen (secondary N) is 1. The summed E-state index contributed by atoms with van der Waals surface area (Å²) in [6, 6.07) is 6.07. The first kappa shape index (κ1) is 22.1. The number of amides is 1. The number of aliphatic hydroxyl groups is 2. The Labute approximate surface area is 184 Å². The van der Waals surface area contributed by atoms with E-state index >= 15 is 0 Å². The number of nitrogens with zero attached hydrogens (tertiary/aromatic N) is 4. The van der Waals surface area contributed by atoms with Crippen LogP contribution in [-0.2, 0) is 6.18 Å². The molecule has 0 unspecified atom stereocenters. The second-order valence-electron chi connectivity index (χ2n) is 7.35. The molecule has 3 heterocycles. The van der Waals surface area contributed by atoms with E-state index in [1.165, 1.54) is 11.1 Å². The van der Waals surface area contributed by atoms with Crippen molar-refractivity contribution in [2.24, 2.45) is 0 Å². The molecule has 1 aliphatic heterocycles. The third kappa shape index (κ3) is 4.71. The summed E-state index contributed by atoms with van der Waals surface area (Å²) in [6.45, 7) is 1.89. The number of hydrogen-bond acceptors (Lipinski definition) is 8. The van der Waals surface area contributed by atoms with Crippen LogP contribution in [-0.4, -0.2) is 61.3 Å². The summed E-state index contributed by atoms with van der Waals surface area (Å²) in [7, 11) is 0. The van der Waals surface area contributed by atoms with Crippen LogP contribution in [0.4, 0.5) is 24.8 Å². The van der Waals surface area contributed by atoms with Crippen LogP contribution in [0.15, 0.2) is 36.7 Å². The van der Waals surface area contributed by atoms with Gasteiger partial charge in [0.2, 0.25) is 5.95 Å². The molecule has 12 heteroatoms. The maximum absolute atomic E-state index is 12.9. The summed E-state index contributed by atoms with van der Waals surface area (Å²) < 4.78 is 38.7. The lowest BCUT2D eigenvalue weighted by atomic mass is 10.1. The molecule has 0 aliphatic carbocycles. The standard InChI is InChI=1S/C20H18F3N5O3S/c1-10-4-11(6-12(5-10)26-19-24-3-2-16(27-19)20(21,22)23)15-7-25-17(32-15)18(31)28-8-13(29)14(30)9-28/h2-7,13-14,29-30H,8-9H2,1H3,(H,24,26,27)/t13-,14+. The van der Waals surface area contributed by atoms with Gasteiger partial charge in [0.25, 0.3) is 5.91 Å². The Morgan fingerprint density at radius 2 is 1.91 bits per heavy atom. The van der Waals surface area contributed by atoms with E-state index in [-0.39, 0.29) is 30.0 Å². The third-order valence-electron chi connectivity index (χ3n) is 4.80. The van der Waals surface area contributed by atoms with Gasteiger partial charge < -0.3 is 20.4 Å². The molecule has 3 aromatic rings. The Kier molecular flexibility index (Phi) is 5.84. The zero-order chi connectivity index (χ0) is 23.0. The molecule has 2 atom stereocenters. The van der Waals surface area contributed by atoms with Crippen molar-refractivity contribution in [2.45, 2.75) is 25.3 Å². The van der Waals surface area contributed by atoms with E-state index in [1.807, 2.05) is 13.0 Å². The van der Waals surface area contributed by atoms with Crippen molar-refractivity contribution >= 4 is 28.9 Å². The number of carbonyl (C=O) groups excluding carboxylic acids is 1. The van der Waals surface area contributed by atoms with Gasteiger partial charge in [-0.2, -0.15) is 13.2 Å². The number of aryl methyl sites for hydroxylation is 1. The fraction of sp³-hybridized carbons (Fsp3) is 0.300. The molecule has 0 bridgehead atoms. The third-order valence-corrected chi connectivity index (χ3v) is 5.83. The fourth-order valence-electron chi connectivity index (χ4n) is 3.28. The van der Waals surface area contributed by atoms with E-state index in [0.29, 0.717) is 16.1 Å². The van der Waals surface area contributed by atoms with Gasteiger partial charge in [0.15, 0.2) is 5.01 Å². The first-order valence-corrected chi connectivity index (χ1v) is 10.3. The molecular formula is C20H18F3N5O3S. The van der Waals surface area contributed by atoms with Crippen molar-refractivity contribution in [2.75, 3.05) is 18.4 Å². The van der Waals surface area contributed by atoms with Crippen molar-refractivity contribution < 1.29 is 28.2 Å². The van der Waals surface area contributed by atoms with Gasteiger partial charge >= 0.3 is 6.18 Å². The molecule has 0 spiro atoms. The minimum atomic E-state index is -4.58. The normalized spacial score (nSPS) is 18.8. The van der Waals surface area contributed by atoms with E-state index < -0.39 is 24.1 Å². The Bertz CT molecular complexity index is 1140. The first-order chi connectivity index (χ1) is 15.1. The highest BCUT2D eigenvalue weighted by molar-refractivity contribution is 7.17. The van der Waals surface area contributed by atoms with E-state index in [1.54, 1.807) is 12.1 Å². The van der Waals surface area contributed by atoms with E-state index in [0.717, 1.165) is 29.2 Å². The summed E-state index contributed by atoms with van der Waals surface area (Å²) in [5.74, 6) is -0.581. The number of β-amino-alcohol motifs (C(OH)–C–C–N with tert-alkyl or cyclic N) is 2. The minimum Gasteiger partial charge on any atom is -0.388 e. The number of benzene rings is 1. The van der Waals surface area contributed by atoms with Crippen LogP contribution in [0.2, 0.25) is 0 Å². The molecular weight excluding hydrogens is 447 g/mol. The van der Waals surface area contributed by atoms with Crippen LogP contribution in [0.25, 0.3) is 10.4 Å². The van der Waals surface area contributed by atoms with Crippen molar-refractivity contribution in [1.29, 1.82) is 0 Å². The molecule has 1 amide bonds. The highest BCUT2D eigenvalue weighted by Crippen LogP contribution is 2.32. The Balaban J connectivity index is 1.56. The fourth-order valence-corrected chi connectivity index (χ4v) is 4.15. The Morgan fingerprint density at radius 3 is 2.59 bits per heavy atom. The van der Waals surface area contributed by atoms with Gasteiger partial charge in [-0.15, -0.1) is 11.3 Å². The van der Waals surface area contributed by atoms with Crippen LogP contribution in [0.3, 0.4) is 0 Å². The molecule has 168 valence electrons. The van der Waals surface area contributed by atoms with Crippen LogP contribution in [0.5, 0.6) is 0 Å². The number of carbonyl (C=O) groups is 1. The molecule has 1 saturated heterocycles. The topological polar surface area (TPSA) is 111 Å². The zero-order valence-corrected chi connectivity index (χ0v) is 17.5. The number of aliphatic hydroxyl groups excluding tert-OH is 2. The number of likely N-dealkylation sites (tertiary alicyclic amines) is 1. The first-order valence-electron chi connectivity index (χ1n) is 9.51. The molecule has 3 N–H and O–H groups in total. The molecule has 2 aromatic heterocycles. The average Bonchev–Trinajstić information content (AvgIpc) is 3.34. The summed E-state index contributed by atoms with van der Waals surface area (Å²) >= 11 is 1.14. The second-order valence-corrected chi connectivity index (χ2v) is 8.38. The summed E-state index contributed by atoms with van der Waals surface area (Å²) in [5.41, 5.74) is 0.957. The molecule has 0 saturated carbocycles. The van der Waals surface area contributed by atoms with Crippen molar-refractivity contribution in [3.8, 4) is 10.4 Å². The lowest BCUT2D eigenvalue weighted by molar-refractivity contribution is -0.141. The molecule has 4 rings (SSSR count). The lowest BCUT2D eigenvalue weighted by Crippen LogP contribution is -2.29. The smallest absolute Gasteiger partial charge is 0.388 e. The van der Waals surface area contributed by atoms with E-state index in [4.69, 9.17) is 0 Å². The molecule has 32 heavy (non-hydrogen) atoms. The predicted octanol–water partition coefficient (Wildman–Crippen LogP) is 2.85. The number of hydrogen-bond donors (Lipinski definition) is 3. The van der Waals surface area contributed by atoms with Gasteiger partial charge in [-0.05, 0) is 36.2 Å². The Hall–Kier alpha value is -3.09. The number of alkyl halides is 3. The van der Waals surface area contributed by atoms with Gasteiger partial charge in [0.1, 0.15) is 5.69 Å². The van der Waals surface area contributed by atoms with Crippen LogP contribution in [0.1, 0.15) is 21.1 Å². The van der Waals surface area contributed by atoms with Crippen LogP contribution in [0, 0.1) is 6.92 Å². The quantitative estimate of drug-likeness (QED) is 0.543. The molecule has 1 aliphatic rings. The molecule has 1 aromatic carbocycles. The highest BCUT2D eigenvalue weighted by Gasteiger charge is 2.34. The number of anilines is 2. The van der Waals surface area contributed by atoms with E-state index in [9.17, 15) is 28.2 Å². The van der Waals surface area contributed by atoms with Gasteiger partial charge in [-0.3, -0.25) is 4.79 Å². The number of thiazole rings is 1. The van der Waals surface area contributed by atoms with Crippen molar-refractivity contribution in [3.63, 3.8) is 0 Å². The lowest BCUT2D eigenvalue weighted by Gasteiger charge is -2.12. The number of aromatic nitrogens is 3. The summed E-state index contributed by atoms with van der Waals surface area (Å²) in [4.78, 5) is 26.1. The van der Waals surface area contributed by atoms with E-state index in [2.05, 4.69) is 20.3 Å². The van der Waals surface area contributed by atoms with Gasteiger partial charge in [0.05, 0.1) is 17.1 Å². The van der Waals surface area contributed by atoms with Crippen molar-refractivity contribution in [3.05, 3.63) is 52.9 Å².